The maximum absolute atomic E-state index is 14.5. The molecule has 1 aromatic rings. The van der Waals surface area contributed by atoms with Crippen LogP contribution in [0.1, 0.15) is 40.7 Å². The summed E-state index contributed by atoms with van der Waals surface area (Å²) < 4.78 is 14.5. The summed E-state index contributed by atoms with van der Waals surface area (Å²) in [4.78, 5) is 13.9. The molecule has 3 aliphatic rings. The standard InChI is InChI=1S/C17H22FN3O2/c18-14-7-12(16(22)20-23)6-11-3-5-21(8-13(11)14)15-2-1-4-17(15)9-19-10-17/h6-7,15,19,23H,1-5,8-10H2,(H,20,22)/t15-/m1/s1. The second kappa shape index (κ2) is 5.54. The second-order valence-corrected chi connectivity index (χ2v) is 7.13. The number of amides is 1. The Morgan fingerprint density at radius 2 is 2.26 bits per heavy atom. The molecule has 1 saturated carbocycles. The number of fused-ring (bicyclic) bond motifs is 1. The number of hydrogen-bond acceptors (Lipinski definition) is 4. The van der Waals surface area contributed by atoms with E-state index in [2.05, 4.69) is 10.2 Å². The number of nitrogens with zero attached hydrogens (tertiary/aromatic N) is 1. The van der Waals surface area contributed by atoms with Crippen LogP contribution in [0, 0.1) is 11.2 Å². The van der Waals surface area contributed by atoms with Crippen molar-refractivity contribution in [1.82, 2.24) is 15.7 Å². The molecule has 3 N–H and O–H groups in total. The summed E-state index contributed by atoms with van der Waals surface area (Å²) in [7, 11) is 0. The largest absolute Gasteiger partial charge is 0.315 e. The Kier molecular flexibility index (Phi) is 3.63. The molecule has 1 aliphatic carbocycles. The van der Waals surface area contributed by atoms with Crippen LogP contribution in [0.4, 0.5) is 4.39 Å². The molecule has 2 heterocycles. The number of nitrogens with one attached hydrogen (secondary N) is 2. The molecule has 0 bridgehead atoms. The Bertz CT molecular complexity index is 645. The fraction of sp³-hybridized carbons (Fsp3) is 0.588. The SMILES string of the molecule is O=C(NO)c1cc(F)c2c(c1)CCN([C@@H]1CCCC13CNC3)C2. The van der Waals surface area contributed by atoms with Gasteiger partial charge in [-0.1, -0.05) is 6.42 Å². The predicted molar refractivity (Wildman–Crippen MR) is 82.7 cm³/mol. The van der Waals surface area contributed by atoms with Crippen molar-refractivity contribution in [3.8, 4) is 0 Å². The molecule has 1 atom stereocenters. The Morgan fingerprint density at radius 3 is 2.96 bits per heavy atom. The lowest BCUT2D eigenvalue weighted by Crippen LogP contribution is -2.62. The molecule has 6 heteroatoms. The van der Waals surface area contributed by atoms with Crippen molar-refractivity contribution in [3.05, 3.63) is 34.6 Å². The summed E-state index contributed by atoms with van der Waals surface area (Å²) >= 11 is 0. The van der Waals surface area contributed by atoms with Crippen LogP contribution in [-0.2, 0) is 13.0 Å². The fourth-order valence-electron chi connectivity index (χ4n) is 4.65. The lowest BCUT2D eigenvalue weighted by atomic mass is 9.75. The molecular weight excluding hydrogens is 297 g/mol. The number of carbonyl (C=O) groups excluding carboxylic acids is 1. The van der Waals surface area contributed by atoms with E-state index in [4.69, 9.17) is 5.21 Å². The summed E-state index contributed by atoms with van der Waals surface area (Å²) in [5.74, 6) is -1.01. The minimum atomic E-state index is -0.663. The van der Waals surface area contributed by atoms with Crippen LogP contribution < -0.4 is 10.8 Å². The van der Waals surface area contributed by atoms with Gasteiger partial charge in [0.1, 0.15) is 5.82 Å². The van der Waals surface area contributed by atoms with Gasteiger partial charge in [-0.3, -0.25) is 14.9 Å². The first-order valence-corrected chi connectivity index (χ1v) is 8.33. The van der Waals surface area contributed by atoms with E-state index in [1.54, 1.807) is 11.5 Å². The molecule has 5 nitrogen and oxygen atoms in total. The topological polar surface area (TPSA) is 64.6 Å². The molecule has 0 aromatic heterocycles. The molecule has 0 radical (unpaired) electrons. The quantitative estimate of drug-likeness (QED) is 0.570. The van der Waals surface area contributed by atoms with Crippen molar-refractivity contribution < 1.29 is 14.4 Å². The molecule has 1 amide bonds. The molecule has 124 valence electrons. The van der Waals surface area contributed by atoms with E-state index in [1.165, 1.54) is 25.3 Å². The van der Waals surface area contributed by atoms with Gasteiger partial charge >= 0.3 is 0 Å². The highest BCUT2D eigenvalue weighted by atomic mass is 19.1. The first kappa shape index (κ1) is 15.1. The molecule has 0 unspecified atom stereocenters. The van der Waals surface area contributed by atoms with Gasteiger partial charge in [0, 0.05) is 48.8 Å². The zero-order valence-electron chi connectivity index (χ0n) is 13.1. The molecule has 2 aliphatic heterocycles. The van der Waals surface area contributed by atoms with Gasteiger partial charge in [0.25, 0.3) is 5.91 Å². The predicted octanol–water partition coefficient (Wildman–Crippen LogP) is 1.44. The van der Waals surface area contributed by atoms with Gasteiger partial charge in [-0.25, -0.2) is 9.87 Å². The van der Waals surface area contributed by atoms with Crippen LogP contribution in [0.5, 0.6) is 0 Å². The maximum atomic E-state index is 14.5. The van der Waals surface area contributed by atoms with Crippen LogP contribution in [0.3, 0.4) is 0 Å². The van der Waals surface area contributed by atoms with Crippen molar-refractivity contribution in [2.24, 2.45) is 5.41 Å². The molecule has 23 heavy (non-hydrogen) atoms. The number of hydroxylamine groups is 1. The Labute approximate surface area is 134 Å². The van der Waals surface area contributed by atoms with Gasteiger partial charge in [-0.15, -0.1) is 0 Å². The van der Waals surface area contributed by atoms with Gasteiger partial charge in [0.05, 0.1) is 0 Å². The average Bonchev–Trinajstić information content (AvgIpc) is 2.99. The van der Waals surface area contributed by atoms with Gasteiger partial charge in [-0.2, -0.15) is 0 Å². The first-order valence-electron chi connectivity index (χ1n) is 8.33. The monoisotopic (exact) mass is 319 g/mol. The van der Waals surface area contributed by atoms with Crippen molar-refractivity contribution >= 4 is 5.91 Å². The van der Waals surface area contributed by atoms with Gasteiger partial charge in [0.2, 0.25) is 0 Å². The third-order valence-electron chi connectivity index (χ3n) is 5.94. The number of hydrogen-bond donors (Lipinski definition) is 3. The number of rotatable bonds is 2. The van der Waals surface area contributed by atoms with E-state index in [0.717, 1.165) is 31.6 Å². The van der Waals surface area contributed by atoms with Gasteiger partial charge < -0.3 is 5.32 Å². The molecule has 1 saturated heterocycles. The first-order chi connectivity index (χ1) is 11.1. The fourth-order valence-corrected chi connectivity index (χ4v) is 4.65. The highest BCUT2D eigenvalue weighted by Gasteiger charge is 2.49. The van der Waals surface area contributed by atoms with Crippen LogP contribution in [0.25, 0.3) is 0 Å². The van der Waals surface area contributed by atoms with Crippen molar-refractivity contribution in [2.75, 3.05) is 19.6 Å². The van der Waals surface area contributed by atoms with Crippen LogP contribution in [0.15, 0.2) is 12.1 Å². The van der Waals surface area contributed by atoms with Crippen molar-refractivity contribution in [2.45, 2.75) is 38.3 Å². The highest BCUT2D eigenvalue weighted by molar-refractivity contribution is 5.93. The minimum Gasteiger partial charge on any atom is -0.315 e. The minimum absolute atomic E-state index is 0.178. The Balaban J connectivity index is 1.59. The van der Waals surface area contributed by atoms with E-state index in [9.17, 15) is 9.18 Å². The van der Waals surface area contributed by atoms with Gasteiger partial charge in [0.15, 0.2) is 0 Å². The van der Waals surface area contributed by atoms with E-state index in [1.807, 2.05) is 0 Å². The van der Waals surface area contributed by atoms with E-state index >= 15 is 0 Å². The molecule has 1 aromatic carbocycles. The Hall–Kier alpha value is -1.50. The smallest absolute Gasteiger partial charge is 0.274 e. The summed E-state index contributed by atoms with van der Waals surface area (Å²) in [5.41, 5.74) is 3.74. The van der Waals surface area contributed by atoms with E-state index in [0.29, 0.717) is 23.6 Å². The van der Waals surface area contributed by atoms with E-state index in [-0.39, 0.29) is 11.4 Å². The zero-order chi connectivity index (χ0) is 16.0. The van der Waals surface area contributed by atoms with Gasteiger partial charge in [-0.05, 0) is 37.0 Å². The lowest BCUT2D eigenvalue weighted by molar-refractivity contribution is 0.0343. The van der Waals surface area contributed by atoms with Crippen molar-refractivity contribution in [3.63, 3.8) is 0 Å². The van der Waals surface area contributed by atoms with Crippen molar-refractivity contribution in [1.29, 1.82) is 0 Å². The van der Waals surface area contributed by atoms with Crippen LogP contribution in [-0.4, -0.2) is 41.7 Å². The normalized spacial score (nSPS) is 25.9. The van der Waals surface area contributed by atoms with Crippen LogP contribution >= 0.6 is 0 Å². The van der Waals surface area contributed by atoms with E-state index < -0.39 is 5.91 Å². The lowest BCUT2D eigenvalue weighted by Gasteiger charge is -2.49. The third-order valence-corrected chi connectivity index (χ3v) is 5.94. The number of halogens is 1. The third kappa shape index (κ3) is 2.36. The summed E-state index contributed by atoms with van der Waals surface area (Å²) in [6.45, 7) is 3.69. The summed E-state index contributed by atoms with van der Waals surface area (Å²) in [6.07, 6.45) is 4.47. The Morgan fingerprint density at radius 1 is 1.43 bits per heavy atom. The number of carbonyl (C=O) groups is 1. The molecule has 1 spiro atoms. The molecule has 4 rings (SSSR count). The average molecular weight is 319 g/mol. The summed E-state index contributed by atoms with van der Waals surface area (Å²) in [6, 6.07) is 3.47. The molecule has 2 fully saturated rings. The van der Waals surface area contributed by atoms with Crippen LogP contribution in [0.2, 0.25) is 0 Å². The highest BCUT2D eigenvalue weighted by Crippen LogP contribution is 2.45. The zero-order valence-corrected chi connectivity index (χ0v) is 13.1. The number of benzene rings is 1. The summed E-state index contributed by atoms with van der Waals surface area (Å²) in [5, 5.41) is 12.1. The second-order valence-electron chi connectivity index (χ2n) is 7.13. The molecular formula is C17H22FN3O2. The maximum Gasteiger partial charge on any atom is 0.274 e.